The van der Waals surface area contributed by atoms with Crippen molar-refractivity contribution in [3.8, 4) is 0 Å². The Labute approximate surface area is 117 Å². The van der Waals surface area contributed by atoms with E-state index in [2.05, 4.69) is 26.2 Å². The van der Waals surface area contributed by atoms with Crippen LogP contribution in [0.2, 0.25) is 0 Å². The van der Waals surface area contributed by atoms with Crippen LogP contribution >= 0.6 is 27.3 Å². The van der Waals surface area contributed by atoms with Gasteiger partial charge in [-0.3, -0.25) is 0 Å². The highest BCUT2D eigenvalue weighted by Gasteiger charge is 2.14. The minimum absolute atomic E-state index is 0.269. The standard InChI is InChI=1S/C12H11BrN2O2S/c1-6-3-4-8(13)5-9(6)15-12-14-7(2)10(18-12)11(16)17/h3-5H,1-2H3,(H,14,15)(H,16,17). The fourth-order valence-electron chi connectivity index (χ4n) is 1.49. The maximum atomic E-state index is 10.9. The number of carboxylic acid groups (broad SMARTS) is 1. The third kappa shape index (κ3) is 2.70. The lowest BCUT2D eigenvalue weighted by Gasteiger charge is -2.06. The summed E-state index contributed by atoms with van der Waals surface area (Å²) in [5.74, 6) is -0.941. The molecule has 0 bridgehead atoms. The van der Waals surface area contributed by atoms with Crippen LogP contribution in [0.25, 0.3) is 0 Å². The number of carboxylic acids is 1. The number of aryl methyl sites for hydroxylation is 2. The van der Waals surface area contributed by atoms with Crippen LogP contribution in [0.1, 0.15) is 20.9 Å². The Morgan fingerprint density at radius 1 is 1.44 bits per heavy atom. The molecule has 0 spiro atoms. The van der Waals surface area contributed by atoms with Crippen molar-refractivity contribution in [2.24, 2.45) is 0 Å². The highest BCUT2D eigenvalue weighted by atomic mass is 79.9. The van der Waals surface area contributed by atoms with Crippen LogP contribution in [0.5, 0.6) is 0 Å². The predicted molar refractivity (Wildman–Crippen MR) is 76.0 cm³/mol. The summed E-state index contributed by atoms with van der Waals surface area (Å²) in [6.07, 6.45) is 0. The summed E-state index contributed by atoms with van der Waals surface area (Å²) in [6, 6.07) is 5.87. The molecule has 0 aliphatic rings. The molecule has 4 nitrogen and oxygen atoms in total. The van der Waals surface area contributed by atoms with Crippen LogP contribution in [0, 0.1) is 13.8 Å². The first-order valence-electron chi connectivity index (χ1n) is 5.21. The van der Waals surface area contributed by atoms with Gasteiger partial charge in [0.05, 0.1) is 5.69 Å². The molecule has 0 aliphatic heterocycles. The first-order valence-corrected chi connectivity index (χ1v) is 6.82. The van der Waals surface area contributed by atoms with Crippen LogP contribution in [0.4, 0.5) is 10.8 Å². The smallest absolute Gasteiger partial charge is 0.347 e. The zero-order chi connectivity index (χ0) is 13.3. The number of hydrogen-bond acceptors (Lipinski definition) is 4. The van der Waals surface area contributed by atoms with Crippen molar-refractivity contribution in [1.29, 1.82) is 0 Å². The molecular weight excluding hydrogens is 316 g/mol. The summed E-state index contributed by atoms with van der Waals surface area (Å²) in [5, 5.41) is 12.7. The van der Waals surface area contributed by atoms with E-state index >= 15 is 0 Å². The number of thiazole rings is 1. The van der Waals surface area contributed by atoms with E-state index in [0.29, 0.717) is 10.8 Å². The van der Waals surface area contributed by atoms with Gasteiger partial charge in [0.25, 0.3) is 0 Å². The molecule has 0 saturated carbocycles. The van der Waals surface area contributed by atoms with Gasteiger partial charge in [0.15, 0.2) is 5.13 Å². The number of nitrogens with one attached hydrogen (secondary N) is 1. The third-order valence-electron chi connectivity index (χ3n) is 2.43. The number of rotatable bonds is 3. The Hall–Kier alpha value is -1.40. The average Bonchev–Trinajstić information content (AvgIpc) is 2.65. The van der Waals surface area contributed by atoms with E-state index < -0.39 is 5.97 Å². The Morgan fingerprint density at radius 3 is 2.78 bits per heavy atom. The minimum Gasteiger partial charge on any atom is -0.477 e. The lowest BCUT2D eigenvalue weighted by Crippen LogP contribution is -1.94. The van der Waals surface area contributed by atoms with E-state index in [1.165, 1.54) is 0 Å². The lowest BCUT2D eigenvalue weighted by atomic mass is 10.2. The van der Waals surface area contributed by atoms with E-state index in [0.717, 1.165) is 27.1 Å². The molecule has 6 heteroatoms. The van der Waals surface area contributed by atoms with Gasteiger partial charge in [-0.15, -0.1) is 0 Å². The fourth-order valence-corrected chi connectivity index (χ4v) is 2.67. The van der Waals surface area contributed by atoms with E-state index in [-0.39, 0.29) is 4.88 Å². The summed E-state index contributed by atoms with van der Waals surface area (Å²) in [5.41, 5.74) is 2.51. The molecule has 94 valence electrons. The summed E-state index contributed by atoms with van der Waals surface area (Å²) < 4.78 is 0.960. The van der Waals surface area contributed by atoms with Crippen molar-refractivity contribution in [2.75, 3.05) is 5.32 Å². The van der Waals surface area contributed by atoms with Crippen molar-refractivity contribution in [3.63, 3.8) is 0 Å². The second-order valence-corrected chi connectivity index (χ2v) is 5.74. The topological polar surface area (TPSA) is 62.2 Å². The van der Waals surface area contributed by atoms with Crippen molar-refractivity contribution < 1.29 is 9.90 Å². The van der Waals surface area contributed by atoms with Gasteiger partial charge in [-0.2, -0.15) is 0 Å². The third-order valence-corrected chi connectivity index (χ3v) is 3.99. The van der Waals surface area contributed by atoms with Gasteiger partial charge >= 0.3 is 5.97 Å². The molecular formula is C12H11BrN2O2S. The van der Waals surface area contributed by atoms with Crippen molar-refractivity contribution >= 4 is 44.1 Å². The van der Waals surface area contributed by atoms with E-state index in [4.69, 9.17) is 5.11 Å². The first-order chi connectivity index (χ1) is 8.47. The number of nitrogens with zero attached hydrogens (tertiary/aromatic N) is 1. The molecule has 0 aliphatic carbocycles. The quantitative estimate of drug-likeness (QED) is 0.896. The number of hydrogen-bond donors (Lipinski definition) is 2. The average molecular weight is 327 g/mol. The molecule has 2 aromatic rings. The van der Waals surface area contributed by atoms with Gasteiger partial charge in [-0.25, -0.2) is 9.78 Å². The summed E-state index contributed by atoms with van der Waals surface area (Å²) in [7, 11) is 0. The Kier molecular flexibility index (Phi) is 3.68. The van der Waals surface area contributed by atoms with Gasteiger partial charge in [0.2, 0.25) is 0 Å². The number of aromatic carboxylic acids is 1. The van der Waals surface area contributed by atoms with Gasteiger partial charge < -0.3 is 10.4 Å². The summed E-state index contributed by atoms with van der Waals surface area (Å²) in [4.78, 5) is 15.4. The molecule has 1 aromatic carbocycles. The highest BCUT2D eigenvalue weighted by molar-refractivity contribution is 9.10. The highest BCUT2D eigenvalue weighted by Crippen LogP contribution is 2.28. The number of halogens is 1. The zero-order valence-electron chi connectivity index (χ0n) is 9.82. The normalized spacial score (nSPS) is 10.4. The SMILES string of the molecule is Cc1ccc(Br)cc1Nc1nc(C)c(C(=O)O)s1. The van der Waals surface area contributed by atoms with Gasteiger partial charge in [-0.1, -0.05) is 33.3 Å². The molecule has 0 atom stereocenters. The Morgan fingerprint density at radius 2 is 2.17 bits per heavy atom. The van der Waals surface area contributed by atoms with Crippen molar-refractivity contribution in [2.45, 2.75) is 13.8 Å². The Balaban J connectivity index is 2.31. The molecule has 0 unspecified atom stereocenters. The van der Waals surface area contributed by atoms with Gasteiger partial charge in [0.1, 0.15) is 4.88 Å². The number of anilines is 2. The first kappa shape index (κ1) is 13.0. The molecule has 18 heavy (non-hydrogen) atoms. The molecule has 1 heterocycles. The second-order valence-electron chi connectivity index (χ2n) is 3.82. The molecule has 0 radical (unpaired) electrons. The lowest BCUT2D eigenvalue weighted by molar-refractivity contribution is 0.0701. The van der Waals surface area contributed by atoms with Gasteiger partial charge in [0, 0.05) is 10.2 Å². The minimum atomic E-state index is -0.941. The zero-order valence-corrected chi connectivity index (χ0v) is 12.2. The van der Waals surface area contributed by atoms with Crippen molar-refractivity contribution in [3.05, 3.63) is 38.8 Å². The van der Waals surface area contributed by atoms with E-state index in [9.17, 15) is 4.79 Å². The van der Waals surface area contributed by atoms with Gasteiger partial charge in [-0.05, 0) is 31.5 Å². The number of aromatic nitrogens is 1. The fraction of sp³-hybridized carbons (Fsp3) is 0.167. The van der Waals surface area contributed by atoms with Crippen LogP contribution in [-0.2, 0) is 0 Å². The second kappa shape index (κ2) is 5.07. The molecule has 0 amide bonds. The molecule has 1 aromatic heterocycles. The largest absolute Gasteiger partial charge is 0.477 e. The molecule has 0 fully saturated rings. The van der Waals surface area contributed by atoms with Crippen LogP contribution < -0.4 is 5.32 Å². The number of benzene rings is 1. The Bertz CT molecular complexity index is 610. The molecule has 0 saturated heterocycles. The number of carbonyl (C=O) groups is 1. The van der Waals surface area contributed by atoms with Crippen molar-refractivity contribution in [1.82, 2.24) is 4.98 Å². The monoisotopic (exact) mass is 326 g/mol. The maximum absolute atomic E-state index is 10.9. The summed E-state index contributed by atoms with van der Waals surface area (Å²) >= 11 is 4.54. The van der Waals surface area contributed by atoms with E-state index in [1.54, 1.807) is 6.92 Å². The predicted octanol–water partition coefficient (Wildman–Crippen LogP) is 3.96. The van der Waals surface area contributed by atoms with Crippen LogP contribution in [0.3, 0.4) is 0 Å². The van der Waals surface area contributed by atoms with E-state index in [1.807, 2.05) is 25.1 Å². The molecule has 2 rings (SSSR count). The maximum Gasteiger partial charge on any atom is 0.347 e. The molecule has 2 N–H and O–H groups in total. The van der Waals surface area contributed by atoms with Crippen LogP contribution in [0.15, 0.2) is 22.7 Å². The van der Waals surface area contributed by atoms with Crippen LogP contribution in [-0.4, -0.2) is 16.1 Å². The summed E-state index contributed by atoms with van der Waals surface area (Å²) in [6.45, 7) is 3.67.